The first-order valence-corrected chi connectivity index (χ1v) is 6.16. The summed E-state index contributed by atoms with van der Waals surface area (Å²) in [5, 5.41) is 0. The number of Topliss-reactive ketones (excluding diaryl/α,β-unsaturated/α-hetero) is 1. The molecule has 1 fully saturated rings. The van der Waals surface area contributed by atoms with Crippen LogP contribution in [0.4, 0.5) is 0 Å². The van der Waals surface area contributed by atoms with Gasteiger partial charge in [-0.15, -0.1) is 0 Å². The second kappa shape index (κ2) is 5.00. The summed E-state index contributed by atoms with van der Waals surface area (Å²) < 4.78 is 80.9. The van der Waals surface area contributed by atoms with Gasteiger partial charge in [0.15, 0.2) is 0 Å². The van der Waals surface area contributed by atoms with Crippen molar-refractivity contribution in [3.8, 4) is 0 Å². The predicted octanol–water partition coefficient (Wildman–Crippen LogP) is 4.12. The standard InChI is InChI=1S/C18H18O/c19-17-13-7-8-14-18(17,15-9-3-1-4-10-15)16-11-5-2-6-12-16/h1-6,9-12H,7-8,13-14H2/i1D,2D,3D,4D,5D,6D,9D,10D,11D,12D. The Hall–Kier alpha value is -1.89. The minimum atomic E-state index is -1.90. The topological polar surface area (TPSA) is 17.1 Å². The number of carbonyl (C=O) groups is 1. The highest BCUT2D eigenvalue weighted by Crippen LogP contribution is 2.42. The van der Waals surface area contributed by atoms with E-state index in [0.29, 0.717) is 12.8 Å². The number of ketones is 1. The lowest BCUT2D eigenvalue weighted by atomic mass is 9.64. The maximum absolute atomic E-state index is 13.3. The van der Waals surface area contributed by atoms with E-state index in [9.17, 15) is 4.79 Å². The molecule has 0 bridgehead atoms. The van der Waals surface area contributed by atoms with Crippen LogP contribution in [0.15, 0.2) is 60.4 Å². The molecule has 1 nitrogen and oxygen atoms in total. The largest absolute Gasteiger partial charge is 0.298 e. The van der Waals surface area contributed by atoms with Crippen molar-refractivity contribution >= 4 is 5.78 Å². The number of hydrogen-bond acceptors (Lipinski definition) is 1. The summed E-state index contributed by atoms with van der Waals surface area (Å²) >= 11 is 0. The molecule has 0 saturated heterocycles. The second-order valence-electron chi connectivity index (χ2n) is 4.54. The molecule has 0 heterocycles. The molecule has 0 amide bonds. The summed E-state index contributed by atoms with van der Waals surface area (Å²) in [7, 11) is 0. The molecule has 0 atom stereocenters. The Labute approximate surface area is 128 Å². The quantitative estimate of drug-likeness (QED) is 0.794. The fourth-order valence-corrected chi connectivity index (χ4v) is 2.61. The zero-order chi connectivity index (χ0) is 21.8. The first-order valence-electron chi connectivity index (χ1n) is 11.2. The molecule has 1 saturated carbocycles. The molecule has 1 aliphatic carbocycles. The summed E-state index contributed by atoms with van der Waals surface area (Å²) in [4.78, 5) is 13.3. The molecule has 1 heteroatoms. The van der Waals surface area contributed by atoms with Crippen molar-refractivity contribution in [1.29, 1.82) is 0 Å². The predicted molar refractivity (Wildman–Crippen MR) is 77.1 cm³/mol. The average molecular weight is 260 g/mol. The minimum absolute atomic E-state index is 0.00614. The van der Waals surface area contributed by atoms with E-state index in [1.807, 2.05) is 0 Å². The summed E-state index contributed by atoms with van der Waals surface area (Å²) in [5.41, 5.74) is -2.56. The molecule has 3 rings (SSSR count). The van der Waals surface area contributed by atoms with E-state index in [1.54, 1.807) is 0 Å². The van der Waals surface area contributed by atoms with E-state index >= 15 is 0 Å². The van der Waals surface area contributed by atoms with Crippen LogP contribution < -0.4 is 0 Å². The Bertz CT molecular complexity index is 918. The van der Waals surface area contributed by atoms with Gasteiger partial charge in [0.25, 0.3) is 0 Å². The lowest BCUT2D eigenvalue weighted by Gasteiger charge is -2.37. The van der Waals surface area contributed by atoms with Crippen LogP contribution >= 0.6 is 0 Å². The van der Waals surface area contributed by atoms with Crippen molar-refractivity contribution in [1.82, 2.24) is 0 Å². The third kappa shape index (κ3) is 1.99. The molecule has 1 aliphatic rings. The minimum Gasteiger partial charge on any atom is -0.298 e. The summed E-state index contributed by atoms with van der Waals surface area (Å²) in [6.45, 7) is 0. The third-order valence-electron chi connectivity index (χ3n) is 3.54. The molecule has 96 valence electrons. The van der Waals surface area contributed by atoms with Crippen LogP contribution in [0.25, 0.3) is 0 Å². The van der Waals surface area contributed by atoms with Crippen LogP contribution in [-0.2, 0) is 10.2 Å². The van der Waals surface area contributed by atoms with Crippen molar-refractivity contribution in [2.75, 3.05) is 0 Å². The van der Waals surface area contributed by atoms with Gasteiger partial charge in [-0.1, -0.05) is 66.8 Å². The molecule has 0 radical (unpaired) electrons. The lowest BCUT2D eigenvalue weighted by molar-refractivity contribution is -0.125. The molecular formula is C18H18O. The zero-order valence-corrected chi connectivity index (χ0v) is 10.2. The van der Waals surface area contributed by atoms with E-state index in [-0.39, 0.29) is 24.0 Å². The van der Waals surface area contributed by atoms with Crippen LogP contribution in [0, 0.1) is 0 Å². The lowest BCUT2D eigenvalue weighted by Crippen LogP contribution is -2.39. The van der Waals surface area contributed by atoms with Gasteiger partial charge in [-0.3, -0.25) is 4.79 Å². The van der Waals surface area contributed by atoms with Crippen molar-refractivity contribution in [3.05, 3.63) is 71.6 Å². The van der Waals surface area contributed by atoms with Crippen molar-refractivity contribution < 1.29 is 18.5 Å². The van der Waals surface area contributed by atoms with Gasteiger partial charge in [0.1, 0.15) is 5.78 Å². The second-order valence-corrected chi connectivity index (χ2v) is 4.54. The van der Waals surface area contributed by atoms with Crippen molar-refractivity contribution in [2.24, 2.45) is 0 Å². The van der Waals surface area contributed by atoms with Crippen LogP contribution in [0.3, 0.4) is 0 Å². The van der Waals surface area contributed by atoms with Crippen LogP contribution in [0.2, 0.25) is 0 Å². The van der Waals surface area contributed by atoms with Gasteiger partial charge < -0.3 is 0 Å². The molecule has 19 heavy (non-hydrogen) atoms. The van der Waals surface area contributed by atoms with Gasteiger partial charge >= 0.3 is 0 Å². The monoisotopic (exact) mass is 260 g/mol. The smallest absolute Gasteiger partial charge is 0.147 e. The van der Waals surface area contributed by atoms with Crippen LogP contribution in [-0.4, -0.2) is 5.78 Å². The highest BCUT2D eigenvalue weighted by Gasteiger charge is 2.42. The molecule has 0 aliphatic heterocycles. The maximum atomic E-state index is 13.3. The summed E-state index contributed by atoms with van der Waals surface area (Å²) in [6, 6.07) is -6.17. The Kier molecular flexibility index (Phi) is 1.38. The molecule has 0 N–H and O–H groups in total. The zero-order valence-electron chi connectivity index (χ0n) is 20.2. The van der Waals surface area contributed by atoms with Gasteiger partial charge in [0, 0.05) is 6.42 Å². The molecule has 0 spiro atoms. The summed E-state index contributed by atoms with van der Waals surface area (Å²) in [5.74, 6) is -0.513. The SMILES string of the molecule is [2H]c1c([2H])c([2H])c(C2(c3c([2H])c([2H])c([2H])c([2H])c3[2H])CCCCC2=O)c([2H])c1[2H]. The molecule has 0 aromatic heterocycles. The number of hydrogen-bond donors (Lipinski definition) is 0. The van der Waals surface area contributed by atoms with Gasteiger partial charge in [0.05, 0.1) is 19.1 Å². The first kappa shape index (κ1) is 5.24. The molecular weight excluding hydrogens is 232 g/mol. The highest BCUT2D eigenvalue weighted by atomic mass is 16.1. The van der Waals surface area contributed by atoms with Gasteiger partial charge in [-0.25, -0.2) is 0 Å². The van der Waals surface area contributed by atoms with Crippen molar-refractivity contribution in [3.63, 3.8) is 0 Å². The number of carbonyl (C=O) groups excluding carboxylic acids is 1. The van der Waals surface area contributed by atoms with E-state index in [2.05, 4.69) is 0 Å². The normalized spacial score (nSPS) is 25.6. The number of benzene rings is 2. The van der Waals surface area contributed by atoms with E-state index < -0.39 is 71.6 Å². The van der Waals surface area contributed by atoms with E-state index in [4.69, 9.17) is 13.7 Å². The van der Waals surface area contributed by atoms with E-state index in [0.717, 1.165) is 0 Å². The van der Waals surface area contributed by atoms with E-state index in [1.165, 1.54) is 0 Å². The Balaban J connectivity index is 2.56. The fourth-order valence-electron chi connectivity index (χ4n) is 2.61. The first-order chi connectivity index (χ1) is 13.5. The molecule has 2 aromatic rings. The van der Waals surface area contributed by atoms with Crippen molar-refractivity contribution in [2.45, 2.75) is 31.1 Å². The van der Waals surface area contributed by atoms with Gasteiger partial charge in [-0.2, -0.15) is 0 Å². The average Bonchev–Trinajstić information content (AvgIpc) is 2.70. The fraction of sp³-hybridized carbons (Fsp3) is 0.278. The van der Waals surface area contributed by atoms with Gasteiger partial charge in [0.2, 0.25) is 0 Å². The molecule has 0 unspecified atom stereocenters. The Morgan fingerprint density at radius 2 is 1.37 bits per heavy atom. The van der Waals surface area contributed by atoms with Gasteiger partial charge in [-0.05, 0) is 24.0 Å². The Morgan fingerprint density at radius 1 is 0.842 bits per heavy atom. The summed E-state index contributed by atoms with van der Waals surface area (Å²) in [6.07, 6.45) is 0.964. The number of rotatable bonds is 2. The van der Waals surface area contributed by atoms with Crippen LogP contribution in [0.1, 0.15) is 50.5 Å². The molecule has 2 aromatic carbocycles. The maximum Gasteiger partial charge on any atom is 0.147 e. The Morgan fingerprint density at radius 3 is 1.84 bits per heavy atom. The third-order valence-corrected chi connectivity index (χ3v) is 3.54. The van der Waals surface area contributed by atoms with Crippen LogP contribution in [0.5, 0.6) is 0 Å². The highest BCUT2D eigenvalue weighted by molar-refractivity contribution is 5.94.